The average molecular weight is 607 g/mol. The number of hydrogen-bond donors (Lipinski definition) is 0. The molecule has 4 rings (SSSR count). The lowest BCUT2D eigenvalue weighted by molar-refractivity contribution is -0.123. The summed E-state index contributed by atoms with van der Waals surface area (Å²) in [6, 6.07) is 16.8. The smallest absolute Gasteiger partial charge is 0.343 e. The molecular formula is C26H18BrCl2NO5S. The van der Waals surface area contributed by atoms with Gasteiger partial charge in [-0.3, -0.25) is 14.5 Å². The average Bonchev–Trinajstić information content (AvgIpc) is 3.10. The van der Waals surface area contributed by atoms with Crippen molar-refractivity contribution in [1.29, 1.82) is 0 Å². The Morgan fingerprint density at radius 1 is 1.08 bits per heavy atom. The minimum Gasteiger partial charge on any atom is -0.490 e. The molecule has 0 aromatic heterocycles. The van der Waals surface area contributed by atoms with Crippen LogP contribution in [0.15, 0.2) is 70.0 Å². The van der Waals surface area contributed by atoms with Crippen molar-refractivity contribution < 1.29 is 23.9 Å². The molecule has 1 aliphatic heterocycles. The van der Waals surface area contributed by atoms with Crippen LogP contribution in [0.25, 0.3) is 6.08 Å². The molecule has 1 saturated heterocycles. The van der Waals surface area contributed by atoms with Crippen LogP contribution >= 0.6 is 50.9 Å². The number of nitrogens with zero attached hydrogens (tertiary/aromatic N) is 1. The molecule has 0 radical (unpaired) electrons. The van der Waals surface area contributed by atoms with E-state index in [0.29, 0.717) is 38.0 Å². The molecule has 0 spiro atoms. The molecule has 1 fully saturated rings. The molecule has 0 aliphatic carbocycles. The first-order valence-electron chi connectivity index (χ1n) is 10.7. The topological polar surface area (TPSA) is 72.9 Å². The summed E-state index contributed by atoms with van der Waals surface area (Å²) in [7, 11) is 0. The molecule has 0 N–H and O–H groups in total. The fourth-order valence-corrected chi connectivity index (χ4v) is 5.15. The van der Waals surface area contributed by atoms with Gasteiger partial charge in [0.15, 0.2) is 11.5 Å². The lowest BCUT2D eigenvalue weighted by Crippen LogP contribution is -2.27. The summed E-state index contributed by atoms with van der Waals surface area (Å²) < 4.78 is 11.7. The highest BCUT2D eigenvalue weighted by atomic mass is 79.9. The number of thioether (sulfide) groups is 1. The summed E-state index contributed by atoms with van der Waals surface area (Å²) in [6.07, 6.45) is 1.59. The Kier molecular flexibility index (Phi) is 8.41. The Bertz CT molecular complexity index is 1390. The van der Waals surface area contributed by atoms with Crippen LogP contribution in [0.2, 0.25) is 10.0 Å². The molecule has 6 nitrogen and oxygen atoms in total. The number of esters is 1. The maximum absolute atomic E-state index is 13.0. The minimum atomic E-state index is -0.604. The van der Waals surface area contributed by atoms with Crippen LogP contribution in [-0.2, 0) is 11.3 Å². The molecule has 184 valence electrons. The van der Waals surface area contributed by atoms with Crippen LogP contribution < -0.4 is 9.47 Å². The molecule has 1 aliphatic rings. The third kappa shape index (κ3) is 5.95. The molecular weight excluding hydrogens is 589 g/mol. The monoisotopic (exact) mass is 605 g/mol. The number of hydrogen-bond acceptors (Lipinski definition) is 6. The van der Waals surface area contributed by atoms with E-state index in [0.717, 1.165) is 16.7 Å². The van der Waals surface area contributed by atoms with Gasteiger partial charge in [0.1, 0.15) is 0 Å². The lowest BCUT2D eigenvalue weighted by Gasteiger charge is -2.14. The number of rotatable bonds is 7. The Morgan fingerprint density at radius 2 is 1.86 bits per heavy atom. The molecule has 0 bridgehead atoms. The fourth-order valence-electron chi connectivity index (χ4n) is 3.38. The first-order chi connectivity index (χ1) is 17.3. The van der Waals surface area contributed by atoms with Crippen LogP contribution in [0.1, 0.15) is 28.4 Å². The quantitative estimate of drug-likeness (QED) is 0.157. The predicted molar refractivity (Wildman–Crippen MR) is 145 cm³/mol. The van der Waals surface area contributed by atoms with Crippen molar-refractivity contribution in [1.82, 2.24) is 4.90 Å². The van der Waals surface area contributed by atoms with E-state index in [1.165, 1.54) is 6.07 Å². The summed E-state index contributed by atoms with van der Waals surface area (Å²) in [5.74, 6) is -0.544. The van der Waals surface area contributed by atoms with Crippen molar-refractivity contribution in [2.45, 2.75) is 13.5 Å². The van der Waals surface area contributed by atoms with Gasteiger partial charge >= 0.3 is 5.97 Å². The number of ether oxygens (including phenoxy) is 2. The van der Waals surface area contributed by atoms with E-state index in [1.54, 1.807) is 67.6 Å². The second-order valence-electron chi connectivity index (χ2n) is 7.52. The van der Waals surface area contributed by atoms with E-state index in [2.05, 4.69) is 15.9 Å². The number of imide groups is 1. The van der Waals surface area contributed by atoms with Crippen LogP contribution in [0.4, 0.5) is 4.79 Å². The Labute approximate surface area is 230 Å². The highest BCUT2D eigenvalue weighted by Gasteiger charge is 2.35. The molecule has 1 heterocycles. The number of carbonyl (C=O) groups excluding carboxylic acids is 3. The van der Waals surface area contributed by atoms with Gasteiger partial charge in [0.05, 0.1) is 28.1 Å². The summed E-state index contributed by atoms with van der Waals surface area (Å²) in [6.45, 7) is 2.18. The first-order valence-corrected chi connectivity index (χ1v) is 13.1. The van der Waals surface area contributed by atoms with Gasteiger partial charge in [-0.15, -0.1) is 0 Å². The predicted octanol–water partition coefficient (Wildman–Crippen LogP) is 7.61. The molecule has 36 heavy (non-hydrogen) atoms. The number of amides is 2. The molecule has 0 atom stereocenters. The highest BCUT2D eigenvalue weighted by molar-refractivity contribution is 9.10. The maximum Gasteiger partial charge on any atom is 0.343 e. The van der Waals surface area contributed by atoms with Crippen molar-refractivity contribution in [2.75, 3.05) is 6.61 Å². The molecule has 10 heteroatoms. The molecule has 3 aromatic carbocycles. The third-order valence-electron chi connectivity index (χ3n) is 5.04. The standard InChI is InChI=1S/C26H18BrCl2NO5S/c1-2-34-21-11-15(10-19(27)23(21)35-25(32)16-7-5-8-18(28)13-16)12-22-24(31)30(26(33)36-22)14-17-6-3-4-9-20(17)29/h3-13H,2,14H2,1H3/b22-12-. The Balaban J connectivity index is 1.60. The molecule has 0 saturated carbocycles. The zero-order chi connectivity index (χ0) is 25.8. The zero-order valence-corrected chi connectivity index (χ0v) is 22.7. The van der Waals surface area contributed by atoms with Gasteiger partial charge in [-0.25, -0.2) is 4.79 Å². The number of benzene rings is 3. The second kappa shape index (κ2) is 11.5. The Morgan fingerprint density at radius 3 is 2.58 bits per heavy atom. The van der Waals surface area contributed by atoms with Gasteiger partial charge in [0, 0.05) is 10.0 Å². The zero-order valence-electron chi connectivity index (χ0n) is 18.8. The van der Waals surface area contributed by atoms with Gasteiger partial charge in [-0.2, -0.15) is 0 Å². The summed E-state index contributed by atoms with van der Waals surface area (Å²) >= 11 is 16.4. The first kappa shape index (κ1) is 26.3. The van der Waals surface area contributed by atoms with Crippen molar-refractivity contribution >= 4 is 74.1 Å². The van der Waals surface area contributed by atoms with Gasteiger partial charge in [0.2, 0.25) is 0 Å². The second-order valence-corrected chi connectivity index (χ2v) is 10.2. The van der Waals surface area contributed by atoms with Gasteiger partial charge in [0.25, 0.3) is 11.1 Å². The largest absolute Gasteiger partial charge is 0.490 e. The van der Waals surface area contributed by atoms with Gasteiger partial charge in [-0.05, 0) is 88.2 Å². The van der Waals surface area contributed by atoms with E-state index >= 15 is 0 Å². The van der Waals surface area contributed by atoms with Crippen molar-refractivity contribution in [3.8, 4) is 11.5 Å². The summed E-state index contributed by atoms with van der Waals surface area (Å²) in [5.41, 5.74) is 1.54. The van der Waals surface area contributed by atoms with Crippen molar-refractivity contribution in [2.24, 2.45) is 0 Å². The van der Waals surface area contributed by atoms with Gasteiger partial charge < -0.3 is 9.47 Å². The molecule has 3 aromatic rings. The van der Waals surface area contributed by atoms with Crippen LogP contribution in [0.3, 0.4) is 0 Å². The van der Waals surface area contributed by atoms with Crippen LogP contribution in [0, 0.1) is 0 Å². The number of halogens is 3. The van der Waals surface area contributed by atoms with E-state index < -0.39 is 11.9 Å². The van der Waals surface area contributed by atoms with Crippen LogP contribution in [-0.4, -0.2) is 28.6 Å². The number of carbonyl (C=O) groups is 3. The third-order valence-corrected chi connectivity index (χ3v) is 7.14. The SMILES string of the molecule is CCOc1cc(/C=C2\SC(=O)N(Cc3ccccc3Cl)C2=O)cc(Br)c1OC(=O)c1cccc(Cl)c1. The lowest BCUT2D eigenvalue weighted by atomic mass is 10.1. The van der Waals surface area contributed by atoms with E-state index in [9.17, 15) is 14.4 Å². The van der Waals surface area contributed by atoms with Crippen molar-refractivity contribution in [3.05, 3.63) is 96.8 Å². The van der Waals surface area contributed by atoms with Crippen molar-refractivity contribution in [3.63, 3.8) is 0 Å². The maximum atomic E-state index is 13.0. The van der Waals surface area contributed by atoms with Crippen LogP contribution in [0.5, 0.6) is 11.5 Å². The highest BCUT2D eigenvalue weighted by Crippen LogP contribution is 2.40. The molecule has 2 amide bonds. The summed E-state index contributed by atoms with van der Waals surface area (Å²) in [5, 5.41) is 0.503. The minimum absolute atomic E-state index is 0.0773. The molecule has 0 unspecified atom stereocenters. The normalized spacial score (nSPS) is 14.4. The fraction of sp³-hybridized carbons (Fsp3) is 0.115. The summed E-state index contributed by atoms with van der Waals surface area (Å²) in [4.78, 5) is 39.6. The van der Waals surface area contributed by atoms with E-state index in [4.69, 9.17) is 32.7 Å². The van der Waals surface area contributed by atoms with E-state index in [-0.39, 0.29) is 28.0 Å². The Hall–Kier alpha value is -2.78. The van der Waals surface area contributed by atoms with E-state index in [1.807, 2.05) is 0 Å². The van der Waals surface area contributed by atoms with Gasteiger partial charge in [-0.1, -0.05) is 47.5 Å².